The molecule has 0 aromatic heterocycles. The molecule has 3 unspecified atom stereocenters. The van der Waals surface area contributed by atoms with Gasteiger partial charge < -0.3 is 20.1 Å². The van der Waals surface area contributed by atoms with Crippen LogP contribution < -0.4 is 5.32 Å². The quantitative estimate of drug-likeness (QED) is 0.728. The van der Waals surface area contributed by atoms with Gasteiger partial charge >= 0.3 is 12.1 Å². The fourth-order valence-corrected chi connectivity index (χ4v) is 5.96. The number of alkyl carbamates (subject to hydrolysis) is 1. The van der Waals surface area contributed by atoms with Crippen molar-refractivity contribution in [2.24, 2.45) is 11.3 Å². The summed E-state index contributed by atoms with van der Waals surface area (Å²) in [6.07, 6.45) is 1.66. The summed E-state index contributed by atoms with van der Waals surface area (Å²) >= 11 is 0. The molecule has 7 nitrogen and oxygen atoms in total. The van der Waals surface area contributed by atoms with Gasteiger partial charge in [-0.3, -0.25) is 9.59 Å². The summed E-state index contributed by atoms with van der Waals surface area (Å²) in [5.41, 5.74) is 3.71. The molecule has 2 fully saturated rings. The van der Waals surface area contributed by atoms with E-state index in [1.807, 2.05) is 24.3 Å². The van der Waals surface area contributed by atoms with Gasteiger partial charge in [0.1, 0.15) is 12.6 Å². The number of hydrogen-bond donors (Lipinski definition) is 2. The number of likely N-dealkylation sites (tertiary alicyclic amines) is 1. The molecule has 2 aromatic rings. The molecule has 0 spiro atoms. The van der Waals surface area contributed by atoms with Crippen molar-refractivity contribution in [1.82, 2.24) is 10.2 Å². The van der Waals surface area contributed by atoms with E-state index in [1.165, 1.54) is 0 Å². The zero-order chi connectivity index (χ0) is 23.2. The van der Waals surface area contributed by atoms with Crippen molar-refractivity contribution >= 4 is 18.0 Å². The molecule has 7 heteroatoms. The number of carboxylic acids is 1. The maximum atomic E-state index is 12.9. The van der Waals surface area contributed by atoms with Crippen molar-refractivity contribution in [2.75, 3.05) is 19.7 Å². The van der Waals surface area contributed by atoms with Crippen molar-refractivity contribution < 1.29 is 24.2 Å². The van der Waals surface area contributed by atoms with Gasteiger partial charge in [-0.05, 0) is 47.9 Å². The molecule has 1 saturated carbocycles. The number of hydrogen-bond acceptors (Lipinski definition) is 4. The third-order valence-corrected chi connectivity index (χ3v) is 7.66. The topological polar surface area (TPSA) is 95.9 Å². The summed E-state index contributed by atoms with van der Waals surface area (Å²) in [6.45, 7) is 2.43. The lowest BCUT2D eigenvalue weighted by Crippen LogP contribution is -2.47. The summed E-state index contributed by atoms with van der Waals surface area (Å²) in [7, 11) is 0. The molecule has 3 aliphatic rings. The second kappa shape index (κ2) is 8.21. The van der Waals surface area contributed by atoms with Crippen molar-refractivity contribution in [1.29, 1.82) is 0 Å². The molecule has 33 heavy (non-hydrogen) atoms. The van der Waals surface area contributed by atoms with Crippen LogP contribution in [0.25, 0.3) is 11.1 Å². The summed E-state index contributed by atoms with van der Waals surface area (Å²) in [4.78, 5) is 38.9. The molecule has 1 saturated heterocycles. The van der Waals surface area contributed by atoms with Gasteiger partial charge in [-0.1, -0.05) is 55.0 Å². The van der Waals surface area contributed by atoms with E-state index in [-0.39, 0.29) is 30.9 Å². The number of aliphatic carboxylic acids is 1. The highest BCUT2D eigenvalue weighted by atomic mass is 16.5. The van der Waals surface area contributed by atoms with Gasteiger partial charge in [0.05, 0.1) is 5.41 Å². The van der Waals surface area contributed by atoms with E-state index in [0.29, 0.717) is 13.0 Å². The molecule has 2 aromatic carbocycles. The standard InChI is InChI=1S/C26H28N2O5/c1-16(23(29)28-13-17-7-6-12-26(17,15-28)24(30)31)27-25(32)33-14-22-20-10-4-2-8-18(20)19-9-3-5-11-21(19)22/h2-5,8-11,16-17,22H,6-7,12-15H2,1H3,(H,27,32)(H,30,31). The van der Waals surface area contributed by atoms with Crippen LogP contribution in [-0.2, 0) is 14.3 Å². The molecular weight excluding hydrogens is 420 g/mol. The van der Waals surface area contributed by atoms with Gasteiger partial charge in [0.2, 0.25) is 5.91 Å². The SMILES string of the molecule is CC(NC(=O)OCC1c2ccccc2-c2ccccc21)C(=O)N1CC2CCCC2(C(=O)O)C1. The minimum absolute atomic E-state index is 0.0133. The Morgan fingerprint density at radius 1 is 1.12 bits per heavy atom. The van der Waals surface area contributed by atoms with Crippen molar-refractivity contribution in [3.63, 3.8) is 0 Å². The number of nitrogens with zero attached hydrogens (tertiary/aromatic N) is 1. The van der Waals surface area contributed by atoms with Crippen LogP contribution in [-0.4, -0.2) is 53.7 Å². The lowest BCUT2D eigenvalue weighted by molar-refractivity contribution is -0.149. The second-order valence-electron chi connectivity index (χ2n) is 9.46. The molecule has 5 rings (SSSR count). The minimum Gasteiger partial charge on any atom is -0.481 e. The molecule has 3 atom stereocenters. The van der Waals surface area contributed by atoms with Crippen molar-refractivity contribution in [3.8, 4) is 11.1 Å². The lowest BCUT2D eigenvalue weighted by atomic mass is 9.81. The Morgan fingerprint density at radius 2 is 1.76 bits per heavy atom. The van der Waals surface area contributed by atoms with E-state index in [1.54, 1.807) is 11.8 Å². The van der Waals surface area contributed by atoms with Gasteiger partial charge in [-0.2, -0.15) is 0 Å². The third-order valence-electron chi connectivity index (χ3n) is 7.66. The van der Waals surface area contributed by atoms with E-state index in [2.05, 4.69) is 29.6 Å². The number of carbonyl (C=O) groups excluding carboxylic acids is 2. The first-order valence-electron chi connectivity index (χ1n) is 11.5. The molecular formula is C26H28N2O5. The predicted molar refractivity (Wildman–Crippen MR) is 122 cm³/mol. The molecule has 2 aliphatic carbocycles. The van der Waals surface area contributed by atoms with Gasteiger partial charge in [0, 0.05) is 19.0 Å². The maximum absolute atomic E-state index is 12.9. The molecule has 2 amide bonds. The summed E-state index contributed by atoms with van der Waals surface area (Å²) in [5.74, 6) is -1.15. The molecule has 2 N–H and O–H groups in total. The largest absolute Gasteiger partial charge is 0.481 e. The normalized spacial score (nSPS) is 24.0. The molecule has 1 heterocycles. The number of nitrogens with one attached hydrogen (secondary N) is 1. The monoisotopic (exact) mass is 448 g/mol. The predicted octanol–water partition coefficient (Wildman–Crippen LogP) is 3.63. The Bertz CT molecular complexity index is 1070. The third kappa shape index (κ3) is 3.56. The number of amides is 2. The van der Waals surface area contributed by atoms with E-state index in [0.717, 1.165) is 35.1 Å². The van der Waals surface area contributed by atoms with Crippen LogP contribution >= 0.6 is 0 Å². The van der Waals surface area contributed by atoms with E-state index < -0.39 is 23.5 Å². The zero-order valence-electron chi connectivity index (χ0n) is 18.6. The highest BCUT2D eigenvalue weighted by molar-refractivity contribution is 5.87. The van der Waals surface area contributed by atoms with Gasteiger partial charge in [-0.25, -0.2) is 4.79 Å². The van der Waals surface area contributed by atoms with Crippen LogP contribution in [0.4, 0.5) is 4.79 Å². The molecule has 0 bridgehead atoms. The number of rotatable bonds is 5. The Kier molecular flexibility index (Phi) is 5.35. The van der Waals surface area contributed by atoms with Crippen LogP contribution in [0.2, 0.25) is 0 Å². The average Bonchev–Trinajstić information content (AvgIpc) is 3.47. The van der Waals surface area contributed by atoms with Crippen LogP contribution in [0.1, 0.15) is 43.2 Å². The Balaban J connectivity index is 1.20. The number of benzene rings is 2. The van der Waals surface area contributed by atoms with Gasteiger partial charge in [0.15, 0.2) is 0 Å². The zero-order valence-corrected chi connectivity index (χ0v) is 18.6. The van der Waals surface area contributed by atoms with Crippen LogP contribution in [0, 0.1) is 11.3 Å². The highest BCUT2D eigenvalue weighted by Crippen LogP contribution is 2.49. The van der Waals surface area contributed by atoms with E-state index >= 15 is 0 Å². The van der Waals surface area contributed by atoms with E-state index in [4.69, 9.17) is 4.74 Å². The Morgan fingerprint density at radius 3 is 2.36 bits per heavy atom. The molecule has 1 aliphatic heterocycles. The fourth-order valence-electron chi connectivity index (χ4n) is 5.96. The first-order chi connectivity index (χ1) is 15.9. The number of ether oxygens (including phenoxy) is 1. The molecule has 172 valence electrons. The Labute approximate surface area is 192 Å². The molecule has 0 radical (unpaired) electrons. The second-order valence-corrected chi connectivity index (χ2v) is 9.46. The van der Waals surface area contributed by atoms with E-state index in [9.17, 15) is 19.5 Å². The van der Waals surface area contributed by atoms with Crippen LogP contribution in [0.5, 0.6) is 0 Å². The summed E-state index contributed by atoms with van der Waals surface area (Å²) in [6, 6.07) is 15.4. The lowest BCUT2D eigenvalue weighted by Gasteiger charge is -2.25. The van der Waals surface area contributed by atoms with Crippen molar-refractivity contribution in [2.45, 2.75) is 38.1 Å². The number of carboxylic acid groups (broad SMARTS) is 1. The first kappa shape index (κ1) is 21.5. The van der Waals surface area contributed by atoms with Crippen LogP contribution in [0.3, 0.4) is 0 Å². The summed E-state index contributed by atoms with van der Waals surface area (Å²) < 4.78 is 5.54. The Hall–Kier alpha value is -3.35. The number of fused-ring (bicyclic) bond motifs is 4. The maximum Gasteiger partial charge on any atom is 0.407 e. The first-order valence-corrected chi connectivity index (χ1v) is 11.5. The van der Waals surface area contributed by atoms with Crippen LogP contribution in [0.15, 0.2) is 48.5 Å². The minimum atomic E-state index is -0.834. The fraction of sp³-hybridized carbons (Fsp3) is 0.423. The summed E-state index contributed by atoms with van der Waals surface area (Å²) in [5, 5.41) is 12.4. The average molecular weight is 449 g/mol. The van der Waals surface area contributed by atoms with Gasteiger partial charge in [0.25, 0.3) is 0 Å². The number of carbonyl (C=O) groups is 3. The van der Waals surface area contributed by atoms with Gasteiger partial charge in [-0.15, -0.1) is 0 Å². The smallest absolute Gasteiger partial charge is 0.407 e. The van der Waals surface area contributed by atoms with Crippen molar-refractivity contribution in [3.05, 3.63) is 59.7 Å². The highest BCUT2D eigenvalue weighted by Gasteiger charge is 2.56.